The maximum atomic E-state index is 12.4. The van der Waals surface area contributed by atoms with Crippen molar-refractivity contribution in [3.05, 3.63) is 83.1 Å². The van der Waals surface area contributed by atoms with Gasteiger partial charge in [-0.1, -0.05) is 23.7 Å². The molecule has 0 aliphatic heterocycles. The summed E-state index contributed by atoms with van der Waals surface area (Å²) in [6, 6.07) is 18.0. The minimum absolute atomic E-state index is 0.121. The number of carbonyl (C=O) groups is 2. The fraction of sp³-hybridized carbons (Fsp3) is 0.0952. The number of nitrogens with one attached hydrogen (secondary N) is 3. The van der Waals surface area contributed by atoms with Gasteiger partial charge in [0.15, 0.2) is 0 Å². The first kappa shape index (κ1) is 19.4. The van der Waals surface area contributed by atoms with E-state index < -0.39 is 0 Å². The summed E-state index contributed by atoms with van der Waals surface area (Å²) in [6.45, 7) is 1.85. The fourth-order valence-electron chi connectivity index (χ4n) is 2.51. The van der Waals surface area contributed by atoms with Crippen LogP contribution in [0.15, 0.2) is 66.9 Å². The Kier molecular flexibility index (Phi) is 6.24. The third kappa shape index (κ3) is 5.56. The molecule has 0 spiro atoms. The summed E-state index contributed by atoms with van der Waals surface area (Å²) in [5, 5.41) is 9.42. The van der Waals surface area contributed by atoms with Gasteiger partial charge in [-0.05, 0) is 54.1 Å². The maximum Gasteiger partial charge on any atom is 0.270 e. The van der Waals surface area contributed by atoms with Crippen molar-refractivity contribution in [3.63, 3.8) is 0 Å². The number of nitrogens with zero attached hydrogens (tertiary/aromatic N) is 1. The molecule has 3 N–H and O–H groups in total. The molecule has 0 atom stereocenters. The van der Waals surface area contributed by atoms with E-state index in [1.807, 2.05) is 24.3 Å². The molecule has 0 saturated heterocycles. The van der Waals surface area contributed by atoms with E-state index in [0.717, 1.165) is 22.6 Å². The Morgan fingerprint density at radius 3 is 2.29 bits per heavy atom. The van der Waals surface area contributed by atoms with Gasteiger partial charge in [0.05, 0.1) is 0 Å². The first-order valence-electron chi connectivity index (χ1n) is 8.63. The Bertz CT molecular complexity index is 972. The second-order valence-electron chi connectivity index (χ2n) is 6.12. The molecule has 0 aliphatic carbocycles. The molecule has 6 nitrogen and oxygen atoms in total. The van der Waals surface area contributed by atoms with Gasteiger partial charge < -0.3 is 16.0 Å². The van der Waals surface area contributed by atoms with Crippen molar-refractivity contribution in [3.8, 4) is 0 Å². The second kappa shape index (κ2) is 9.01. The van der Waals surface area contributed by atoms with Crippen LogP contribution in [-0.4, -0.2) is 16.8 Å². The average molecular weight is 395 g/mol. The van der Waals surface area contributed by atoms with E-state index in [1.165, 1.54) is 6.92 Å². The largest absolute Gasteiger partial charge is 0.355 e. The van der Waals surface area contributed by atoms with Crippen molar-refractivity contribution in [1.82, 2.24) is 10.3 Å². The van der Waals surface area contributed by atoms with Gasteiger partial charge in [-0.15, -0.1) is 0 Å². The molecule has 1 aromatic heterocycles. The fourth-order valence-corrected chi connectivity index (χ4v) is 2.64. The van der Waals surface area contributed by atoms with Gasteiger partial charge in [-0.3, -0.25) is 14.6 Å². The van der Waals surface area contributed by atoms with Crippen molar-refractivity contribution < 1.29 is 9.59 Å². The number of anilines is 3. The van der Waals surface area contributed by atoms with E-state index in [4.69, 9.17) is 11.6 Å². The molecular formula is C21H19ClN4O2. The molecule has 28 heavy (non-hydrogen) atoms. The van der Waals surface area contributed by atoms with E-state index in [1.54, 1.807) is 42.6 Å². The molecule has 0 saturated carbocycles. The van der Waals surface area contributed by atoms with Crippen LogP contribution in [0.4, 0.5) is 17.1 Å². The van der Waals surface area contributed by atoms with E-state index in [9.17, 15) is 9.59 Å². The minimum atomic E-state index is -0.264. The van der Waals surface area contributed by atoms with Crippen molar-refractivity contribution in [2.45, 2.75) is 13.5 Å². The van der Waals surface area contributed by atoms with E-state index in [2.05, 4.69) is 20.9 Å². The SMILES string of the molecule is CC(=O)Nc1ccc(Nc2ccnc(C(=O)NCc3ccc(Cl)cc3)c2)cc1. The Morgan fingerprint density at radius 1 is 0.929 bits per heavy atom. The number of halogens is 1. The van der Waals surface area contributed by atoms with Gasteiger partial charge in [-0.25, -0.2) is 0 Å². The summed E-state index contributed by atoms with van der Waals surface area (Å²) in [4.78, 5) is 27.6. The molecule has 3 aromatic rings. The molecule has 0 bridgehead atoms. The van der Waals surface area contributed by atoms with Gasteiger partial charge in [-0.2, -0.15) is 0 Å². The molecule has 0 radical (unpaired) electrons. The number of aromatic nitrogens is 1. The van der Waals surface area contributed by atoms with Crippen LogP contribution in [-0.2, 0) is 11.3 Å². The zero-order valence-electron chi connectivity index (χ0n) is 15.2. The molecular weight excluding hydrogens is 376 g/mol. The summed E-state index contributed by atoms with van der Waals surface area (Å²) >= 11 is 5.86. The Balaban J connectivity index is 1.62. The van der Waals surface area contributed by atoms with Crippen LogP contribution in [0.1, 0.15) is 23.0 Å². The van der Waals surface area contributed by atoms with Crippen molar-refractivity contribution >= 4 is 40.5 Å². The molecule has 2 aromatic carbocycles. The number of rotatable bonds is 6. The van der Waals surface area contributed by atoms with Crippen LogP contribution in [0, 0.1) is 0 Å². The summed E-state index contributed by atoms with van der Waals surface area (Å²) in [7, 11) is 0. The highest BCUT2D eigenvalue weighted by Gasteiger charge is 2.08. The third-order valence-corrected chi connectivity index (χ3v) is 4.10. The molecule has 0 unspecified atom stereocenters. The molecule has 142 valence electrons. The smallest absolute Gasteiger partial charge is 0.270 e. The predicted octanol–water partition coefficient (Wildman–Crippen LogP) is 4.37. The Hall–Kier alpha value is -3.38. The number of benzene rings is 2. The highest BCUT2D eigenvalue weighted by Crippen LogP contribution is 2.19. The first-order chi connectivity index (χ1) is 13.5. The number of hydrogen-bond donors (Lipinski definition) is 3. The normalized spacial score (nSPS) is 10.2. The quantitative estimate of drug-likeness (QED) is 0.579. The van der Waals surface area contributed by atoms with Crippen LogP contribution < -0.4 is 16.0 Å². The summed E-state index contributed by atoms with van der Waals surface area (Å²) < 4.78 is 0. The first-order valence-corrected chi connectivity index (χ1v) is 9.01. The van der Waals surface area contributed by atoms with Crippen LogP contribution in [0.5, 0.6) is 0 Å². The zero-order valence-corrected chi connectivity index (χ0v) is 16.0. The van der Waals surface area contributed by atoms with Crippen molar-refractivity contribution in [2.75, 3.05) is 10.6 Å². The van der Waals surface area contributed by atoms with E-state index in [0.29, 0.717) is 17.3 Å². The lowest BCUT2D eigenvalue weighted by atomic mass is 10.2. The number of pyridine rings is 1. The number of hydrogen-bond acceptors (Lipinski definition) is 4. The lowest BCUT2D eigenvalue weighted by Crippen LogP contribution is -2.23. The van der Waals surface area contributed by atoms with Crippen molar-refractivity contribution in [2.24, 2.45) is 0 Å². The third-order valence-electron chi connectivity index (χ3n) is 3.85. The van der Waals surface area contributed by atoms with Crippen LogP contribution in [0.3, 0.4) is 0 Å². The molecule has 1 heterocycles. The summed E-state index contributed by atoms with van der Waals surface area (Å²) in [6.07, 6.45) is 1.57. The van der Waals surface area contributed by atoms with Gasteiger partial charge >= 0.3 is 0 Å². The highest BCUT2D eigenvalue weighted by molar-refractivity contribution is 6.30. The second-order valence-corrected chi connectivity index (χ2v) is 6.56. The van der Waals surface area contributed by atoms with E-state index in [-0.39, 0.29) is 11.8 Å². The molecule has 3 rings (SSSR count). The topological polar surface area (TPSA) is 83.1 Å². The summed E-state index contributed by atoms with van der Waals surface area (Å²) in [5.74, 6) is -0.385. The van der Waals surface area contributed by atoms with Gasteiger partial charge in [0.2, 0.25) is 5.91 Å². The zero-order chi connectivity index (χ0) is 19.9. The average Bonchev–Trinajstić information content (AvgIpc) is 2.69. The maximum absolute atomic E-state index is 12.4. The standard InChI is InChI=1S/C21H19ClN4O2/c1-14(27)25-17-6-8-18(9-7-17)26-19-10-11-23-20(12-19)21(28)24-13-15-2-4-16(22)5-3-15/h2-12H,13H2,1H3,(H,23,26)(H,24,28)(H,25,27). The van der Waals surface area contributed by atoms with Crippen molar-refractivity contribution in [1.29, 1.82) is 0 Å². The van der Waals surface area contributed by atoms with Gasteiger partial charge in [0.1, 0.15) is 5.69 Å². The van der Waals surface area contributed by atoms with Gasteiger partial charge in [0.25, 0.3) is 5.91 Å². The predicted molar refractivity (Wildman–Crippen MR) is 111 cm³/mol. The lowest BCUT2D eigenvalue weighted by molar-refractivity contribution is -0.114. The Labute approximate surface area is 168 Å². The van der Waals surface area contributed by atoms with E-state index >= 15 is 0 Å². The molecule has 7 heteroatoms. The van der Waals surface area contributed by atoms with Crippen LogP contribution >= 0.6 is 11.6 Å². The summed E-state index contributed by atoms with van der Waals surface area (Å²) in [5.41, 5.74) is 3.54. The highest BCUT2D eigenvalue weighted by atomic mass is 35.5. The molecule has 0 fully saturated rings. The van der Waals surface area contributed by atoms with Crippen LogP contribution in [0.25, 0.3) is 0 Å². The van der Waals surface area contributed by atoms with Crippen LogP contribution in [0.2, 0.25) is 5.02 Å². The number of amides is 2. The van der Waals surface area contributed by atoms with Gasteiger partial charge in [0, 0.05) is 41.8 Å². The number of carbonyl (C=O) groups excluding carboxylic acids is 2. The molecule has 2 amide bonds. The molecule has 0 aliphatic rings. The Morgan fingerprint density at radius 2 is 1.61 bits per heavy atom. The monoisotopic (exact) mass is 394 g/mol. The minimum Gasteiger partial charge on any atom is -0.355 e. The lowest BCUT2D eigenvalue weighted by Gasteiger charge is -2.10.